The molecule has 1 atom stereocenters. The first-order chi connectivity index (χ1) is 16.2. The van der Waals surface area contributed by atoms with Crippen molar-refractivity contribution in [1.82, 2.24) is 14.9 Å². The zero-order chi connectivity index (χ0) is 24.7. The van der Waals surface area contributed by atoms with Gasteiger partial charge in [0.15, 0.2) is 0 Å². The van der Waals surface area contributed by atoms with Crippen molar-refractivity contribution in [3.8, 4) is 5.75 Å². The highest BCUT2D eigenvalue weighted by atomic mass is 32.2. The van der Waals surface area contributed by atoms with Crippen molar-refractivity contribution in [3.63, 3.8) is 0 Å². The minimum absolute atomic E-state index is 0.0297. The van der Waals surface area contributed by atoms with Crippen molar-refractivity contribution in [2.45, 2.75) is 69.7 Å². The van der Waals surface area contributed by atoms with Gasteiger partial charge in [-0.2, -0.15) is 0 Å². The lowest BCUT2D eigenvalue weighted by atomic mass is 9.81. The maximum absolute atomic E-state index is 13.0. The first kappa shape index (κ1) is 26.5. The predicted molar refractivity (Wildman–Crippen MR) is 131 cm³/mol. The van der Waals surface area contributed by atoms with Crippen LogP contribution >= 0.6 is 0 Å². The van der Waals surface area contributed by atoms with E-state index in [1.807, 2.05) is 18.7 Å². The number of hydrogen-bond donors (Lipinski definition) is 2. The normalized spacial score (nSPS) is 22.3. The van der Waals surface area contributed by atoms with Gasteiger partial charge in [0.1, 0.15) is 11.8 Å². The molecule has 1 unspecified atom stereocenters. The molecule has 9 heteroatoms. The van der Waals surface area contributed by atoms with Crippen LogP contribution in [0.4, 0.5) is 0 Å². The summed E-state index contributed by atoms with van der Waals surface area (Å²) < 4.78 is 32.9. The third-order valence-corrected chi connectivity index (χ3v) is 8.49. The smallest absolute Gasteiger partial charge is 0.245 e. The summed E-state index contributed by atoms with van der Waals surface area (Å²) in [5, 5.41) is 3.03. The van der Waals surface area contributed by atoms with Gasteiger partial charge in [-0.3, -0.25) is 9.59 Å². The molecule has 3 rings (SSSR count). The lowest BCUT2D eigenvalue weighted by molar-refractivity contribution is -0.139. The minimum Gasteiger partial charge on any atom is -0.497 e. The molecule has 2 amide bonds. The molecule has 2 N–H and O–H groups in total. The SMILES string of the molecule is COc1ccc(S(=O)(=O)NCC2CCC(C(=O)NC(C(=O)N3CCCCC3)C(C)C)CC2)cc1. The van der Waals surface area contributed by atoms with E-state index in [9.17, 15) is 18.0 Å². The van der Waals surface area contributed by atoms with E-state index in [-0.39, 0.29) is 34.5 Å². The van der Waals surface area contributed by atoms with Crippen molar-refractivity contribution in [1.29, 1.82) is 0 Å². The third kappa shape index (κ3) is 6.95. The molecule has 1 heterocycles. The maximum Gasteiger partial charge on any atom is 0.245 e. The Hall–Kier alpha value is -2.13. The van der Waals surface area contributed by atoms with Gasteiger partial charge in [0, 0.05) is 25.6 Å². The highest BCUT2D eigenvalue weighted by molar-refractivity contribution is 7.89. The van der Waals surface area contributed by atoms with Crippen LogP contribution in [0.5, 0.6) is 5.75 Å². The van der Waals surface area contributed by atoms with Gasteiger partial charge >= 0.3 is 0 Å². The Balaban J connectivity index is 1.47. The topological polar surface area (TPSA) is 105 Å². The van der Waals surface area contributed by atoms with Gasteiger partial charge in [-0.25, -0.2) is 13.1 Å². The number of benzene rings is 1. The number of carbonyl (C=O) groups excluding carboxylic acids is 2. The molecule has 1 saturated carbocycles. The van der Waals surface area contributed by atoms with Crippen LogP contribution < -0.4 is 14.8 Å². The number of nitrogens with zero attached hydrogens (tertiary/aromatic N) is 1. The largest absolute Gasteiger partial charge is 0.497 e. The van der Waals surface area contributed by atoms with Crippen molar-refractivity contribution in [2.75, 3.05) is 26.7 Å². The number of methoxy groups -OCH3 is 1. The van der Waals surface area contributed by atoms with Crippen LogP contribution in [-0.2, 0) is 19.6 Å². The Morgan fingerprint density at radius 3 is 2.21 bits per heavy atom. The summed E-state index contributed by atoms with van der Waals surface area (Å²) in [7, 11) is -2.05. The van der Waals surface area contributed by atoms with Crippen LogP contribution in [0.15, 0.2) is 29.2 Å². The summed E-state index contributed by atoms with van der Waals surface area (Å²) in [6.07, 6.45) is 6.15. The predicted octanol–water partition coefficient (Wildman–Crippen LogP) is 2.93. The number of hydrogen-bond acceptors (Lipinski definition) is 5. The van der Waals surface area contributed by atoms with E-state index in [4.69, 9.17) is 4.74 Å². The van der Waals surface area contributed by atoms with Crippen LogP contribution in [0.3, 0.4) is 0 Å². The van der Waals surface area contributed by atoms with E-state index < -0.39 is 16.1 Å². The first-order valence-corrected chi connectivity index (χ1v) is 13.9. The summed E-state index contributed by atoms with van der Waals surface area (Å²) in [6.45, 7) is 5.84. The molecule has 0 bridgehead atoms. The Morgan fingerprint density at radius 1 is 1.03 bits per heavy atom. The van der Waals surface area contributed by atoms with Gasteiger partial charge in [0.05, 0.1) is 12.0 Å². The van der Waals surface area contributed by atoms with Crippen LogP contribution in [-0.4, -0.2) is 57.9 Å². The van der Waals surface area contributed by atoms with Crippen molar-refractivity contribution in [2.24, 2.45) is 17.8 Å². The summed E-state index contributed by atoms with van der Waals surface area (Å²) in [4.78, 5) is 28.0. The van der Waals surface area contributed by atoms with Gasteiger partial charge in [-0.05, 0) is 81.0 Å². The van der Waals surface area contributed by atoms with Crippen molar-refractivity contribution in [3.05, 3.63) is 24.3 Å². The molecule has 1 aromatic carbocycles. The zero-order valence-corrected chi connectivity index (χ0v) is 21.4. The highest BCUT2D eigenvalue weighted by Gasteiger charge is 2.33. The van der Waals surface area contributed by atoms with E-state index in [2.05, 4.69) is 10.0 Å². The number of piperidine rings is 1. The number of amides is 2. The molecule has 190 valence electrons. The maximum atomic E-state index is 13.0. The van der Waals surface area contributed by atoms with Gasteiger partial charge in [-0.15, -0.1) is 0 Å². The number of sulfonamides is 1. The molecular formula is C25H39N3O5S. The molecule has 0 aromatic heterocycles. The molecule has 1 aromatic rings. The van der Waals surface area contributed by atoms with Gasteiger partial charge in [-0.1, -0.05) is 13.8 Å². The first-order valence-electron chi connectivity index (χ1n) is 12.4. The Bertz CT molecular complexity index is 918. The second-order valence-electron chi connectivity index (χ2n) is 9.86. The molecule has 1 aliphatic carbocycles. The molecular weight excluding hydrogens is 454 g/mol. The molecule has 0 radical (unpaired) electrons. The zero-order valence-electron chi connectivity index (χ0n) is 20.6. The number of carbonyl (C=O) groups is 2. The average Bonchev–Trinajstić information content (AvgIpc) is 2.86. The van der Waals surface area contributed by atoms with Crippen LogP contribution in [0.25, 0.3) is 0 Å². The van der Waals surface area contributed by atoms with Gasteiger partial charge < -0.3 is 15.0 Å². The van der Waals surface area contributed by atoms with Crippen molar-refractivity contribution < 1.29 is 22.7 Å². The minimum atomic E-state index is -3.59. The lowest BCUT2D eigenvalue weighted by Crippen LogP contribution is -2.53. The summed E-state index contributed by atoms with van der Waals surface area (Å²) in [6, 6.07) is 5.81. The van der Waals surface area contributed by atoms with E-state index in [0.29, 0.717) is 25.1 Å². The fourth-order valence-electron chi connectivity index (χ4n) is 4.79. The monoisotopic (exact) mass is 493 g/mol. The summed E-state index contributed by atoms with van der Waals surface area (Å²) in [5.41, 5.74) is 0. The average molecular weight is 494 g/mol. The number of likely N-dealkylation sites (tertiary alicyclic amines) is 1. The van der Waals surface area contributed by atoms with E-state index in [1.54, 1.807) is 12.1 Å². The standard InChI is InChI=1S/C25H39N3O5S/c1-18(2)23(25(30)28-15-5-4-6-16-28)27-24(29)20-9-7-19(8-10-20)17-26-34(31,32)22-13-11-21(33-3)12-14-22/h11-14,18-20,23,26H,4-10,15-17H2,1-3H3,(H,27,29). The molecule has 8 nitrogen and oxygen atoms in total. The Morgan fingerprint density at radius 2 is 1.65 bits per heavy atom. The van der Waals surface area contributed by atoms with Crippen molar-refractivity contribution >= 4 is 21.8 Å². The second kappa shape index (κ2) is 12.0. The number of rotatable bonds is 9. The fraction of sp³-hybridized carbons (Fsp3) is 0.680. The molecule has 2 aliphatic rings. The number of ether oxygens (including phenoxy) is 1. The lowest BCUT2D eigenvalue weighted by Gasteiger charge is -2.34. The number of nitrogens with one attached hydrogen (secondary N) is 2. The Kier molecular flexibility index (Phi) is 9.36. The summed E-state index contributed by atoms with van der Waals surface area (Å²) >= 11 is 0. The fourth-order valence-corrected chi connectivity index (χ4v) is 5.91. The van der Waals surface area contributed by atoms with E-state index >= 15 is 0 Å². The molecule has 1 aliphatic heterocycles. The Labute approximate surface area is 203 Å². The van der Waals surface area contributed by atoms with Gasteiger partial charge in [0.2, 0.25) is 21.8 Å². The van der Waals surface area contributed by atoms with E-state index in [1.165, 1.54) is 19.2 Å². The summed E-state index contributed by atoms with van der Waals surface area (Å²) in [5.74, 6) is 0.666. The van der Waals surface area contributed by atoms with Gasteiger partial charge in [0.25, 0.3) is 0 Å². The molecule has 0 spiro atoms. The third-order valence-electron chi connectivity index (χ3n) is 7.05. The van der Waals surface area contributed by atoms with E-state index in [0.717, 1.165) is 45.2 Å². The molecule has 1 saturated heterocycles. The molecule has 2 fully saturated rings. The molecule has 34 heavy (non-hydrogen) atoms. The van der Waals surface area contributed by atoms with Crippen LogP contribution in [0.2, 0.25) is 0 Å². The van der Waals surface area contributed by atoms with Crippen LogP contribution in [0, 0.1) is 17.8 Å². The van der Waals surface area contributed by atoms with Crippen LogP contribution in [0.1, 0.15) is 58.8 Å². The second-order valence-corrected chi connectivity index (χ2v) is 11.6. The highest BCUT2D eigenvalue weighted by Crippen LogP contribution is 2.29. The quantitative estimate of drug-likeness (QED) is 0.550.